The van der Waals surface area contributed by atoms with Crippen molar-refractivity contribution in [1.82, 2.24) is 15.1 Å². The fourth-order valence-corrected chi connectivity index (χ4v) is 2.96. The van der Waals surface area contributed by atoms with Gasteiger partial charge in [0.1, 0.15) is 13.3 Å². The highest BCUT2D eigenvalue weighted by Crippen LogP contribution is 2.33. The van der Waals surface area contributed by atoms with E-state index >= 15 is 0 Å². The van der Waals surface area contributed by atoms with Crippen LogP contribution in [-0.2, 0) is 25.7 Å². The smallest absolute Gasteiger partial charge is 0.442 e. The number of ether oxygens (including phenoxy) is 1. The first-order chi connectivity index (χ1) is 16.2. The van der Waals surface area contributed by atoms with Crippen molar-refractivity contribution in [3.63, 3.8) is 0 Å². The summed E-state index contributed by atoms with van der Waals surface area (Å²) in [5, 5.41) is 14.8. The molecule has 15 heteroatoms. The number of carboxylic acid groups (broad SMARTS) is 1. The number of aromatic nitrogens is 2. The highest BCUT2D eigenvalue weighted by molar-refractivity contribution is 7.94. The molecule has 1 unspecified atom stereocenters. The lowest BCUT2D eigenvalue weighted by Crippen LogP contribution is -2.25. The molecule has 0 spiro atoms. The van der Waals surface area contributed by atoms with Gasteiger partial charge in [-0.2, -0.15) is 4.68 Å². The molecule has 36 heavy (non-hydrogen) atoms. The Morgan fingerprint density at radius 1 is 1.28 bits per heavy atom. The van der Waals surface area contributed by atoms with Crippen molar-refractivity contribution < 1.29 is 33.4 Å². The van der Waals surface area contributed by atoms with Gasteiger partial charge in [0.05, 0.1) is 53.4 Å². The average Bonchev–Trinajstić information content (AvgIpc) is 3.04. The summed E-state index contributed by atoms with van der Waals surface area (Å²) in [5.74, 6) is -1.02. The van der Waals surface area contributed by atoms with Crippen LogP contribution in [0.1, 0.15) is 40.5 Å². The molecule has 0 aliphatic heterocycles. The third kappa shape index (κ3) is 14.3. The van der Waals surface area contributed by atoms with Gasteiger partial charge in [-0.1, -0.05) is 44.0 Å². The van der Waals surface area contributed by atoms with Crippen LogP contribution in [0.4, 0.5) is 0 Å². The predicted octanol–water partition coefficient (Wildman–Crippen LogP) is 2.87. The molecule has 0 amide bonds. The molecule has 11 nitrogen and oxygen atoms in total. The number of aliphatic carboxylic acids is 1. The Balaban J connectivity index is 0.000000729. The molecule has 1 aromatic heterocycles. The van der Waals surface area contributed by atoms with Crippen molar-refractivity contribution in [3.8, 4) is 11.4 Å². The van der Waals surface area contributed by atoms with Crippen LogP contribution in [0.25, 0.3) is 5.69 Å². The number of halogens is 2. The lowest BCUT2D eigenvalue weighted by molar-refractivity contribution is -0.193. The Hall–Kier alpha value is -1.53. The summed E-state index contributed by atoms with van der Waals surface area (Å²) < 4.78 is 21.9. The van der Waals surface area contributed by atoms with Crippen molar-refractivity contribution in [2.24, 2.45) is 0 Å². The van der Waals surface area contributed by atoms with E-state index in [2.05, 4.69) is 23.9 Å². The number of carbonyl (C=O) groups is 1. The van der Waals surface area contributed by atoms with Crippen LogP contribution in [0, 0.1) is 0 Å². The van der Waals surface area contributed by atoms with Crippen molar-refractivity contribution >= 4 is 47.7 Å². The van der Waals surface area contributed by atoms with Gasteiger partial charge in [0.2, 0.25) is 5.89 Å². The molecule has 1 aromatic carbocycles. The lowest BCUT2D eigenvalue weighted by Gasteiger charge is -2.14. The SMILES string of the molecule is CC(C)Oc1cc(-n2nc(C(C)(C)C)oc2=O)c(Cl)cc1Cl.C[S+](C)C.O=C(O)CNCP(=O)([O-])O. The van der Waals surface area contributed by atoms with Crippen LogP contribution in [-0.4, -0.2) is 63.5 Å². The molecule has 0 aliphatic carbocycles. The van der Waals surface area contributed by atoms with Crippen molar-refractivity contribution in [1.29, 1.82) is 0 Å². The van der Waals surface area contributed by atoms with Gasteiger partial charge in [0, 0.05) is 11.5 Å². The van der Waals surface area contributed by atoms with Gasteiger partial charge in [-0.05, 0) is 30.8 Å². The molecule has 206 valence electrons. The number of carboxylic acids is 1. The molecule has 0 aliphatic rings. The monoisotopic (exact) mass is 589 g/mol. The minimum atomic E-state index is -4.35. The maximum absolute atomic E-state index is 12.1. The van der Waals surface area contributed by atoms with Gasteiger partial charge in [0.15, 0.2) is 0 Å². The Labute approximate surface area is 223 Å². The zero-order valence-corrected chi connectivity index (χ0v) is 24.7. The Bertz CT molecular complexity index is 1090. The maximum Gasteiger partial charge on any atom is 0.442 e. The quantitative estimate of drug-likeness (QED) is 0.322. The molecule has 0 saturated heterocycles. The normalized spacial score (nSPS) is 12.8. The summed E-state index contributed by atoms with van der Waals surface area (Å²) in [7, 11) is -3.71. The van der Waals surface area contributed by atoms with Gasteiger partial charge < -0.3 is 28.6 Å². The van der Waals surface area contributed by atoms with Crippen molar-refractivity contribution in [3.05, 3.63) is 38.6 Å². The number of nitrogens with one attached hydrogen (secondary N) is 1. The average molecular weight is 590 g/mol. The van der Waals surface area contributed by atoms with Gasteiger partial charge >= 0.3 is 11.7 Å². The lowest BCUT2D eigenvalue weighted by atomic mass is 9.97. The molecule has 2 aromatic rings. The van der Waals surface area contributed by atoms with Gasteiger partial charge in [-0.15, -0.1) is 5.10 Å². The van der Waals surface area contributed by atoms with Crippen LogP contribution < -0.4 is 20.7 Å². The molecule has 3 N–H and O–H groups in total. The maximum atomic E-state index is 12.1. The number of nitrogens with zero attached hydrogens (tertiary/aromatic N) is 2. The second kappa shape index (κ2) is 15.0. The second-order valence-corrected chi connectivity index (χ2v) is 13.9. The first-order valence-electron chi connectivity index (χ1n) is 10.5. The molecule has 2 rings (SSSR count). The van der Waals surface area contributed by atoms with E-state index in [0.29, 0.717) is 33.2 Å². The summed E-state index contributed by atoms with van der Waals surface area (Å²) in [6.07, 6.45) is 5.81. The van der Waals surface area contributed by atoms with E-state index in [1.54, 1.807) is 6.07 Å². The second-order valence-electron chi connectivity index (χ2n) is 9.08. The van der Waals surface area contributed by atoms with E-state index in [1.807, 2.05) is 39.9 Å². The van der Waals surface area contributed by atoms with Crippen LogP contribution in [0.5, 0.6) is 5.75 Å². The van der Waals surface area contributed by atoms with Gasteiger partial charge in [0.25, 0.3) is 0 Å². The Morgan fingerprint density at radius 3 is 2.19 bits per heavy atom. The van der Waals surface area contributed by atoms with Gasteiger partial charge in [-0.3, -0.25) is 10.1 Å². The standard InChI is InChI=1S/C15H18Cl2N2O3.C3H8NO5P.C3H9S/c1-8(2)21-12-7-11(9(16)6-10(12)17)19-14(20)22-13(18-19)15(3,4)5;5-3(6)1-4-2-10(7,8)9;1-4(2)3/h6-8H,1-5H3;4H,1-2H2,(H,5,6)(H2,7,8,9);1-3H3/q;;+1/p-1. The molecular formula is C21H34Cl2N3O8PS. The molecule has 1 heterocycles. The van der Waals surface area contributed by atoms with E-state index in [9.17, 15) is 19.0 Å². The van der Waals surface area contributed by atoms with Crippen molar-refractivity contribution in [2.75, 3.05) is 31.6 Å². The molecule has 0 fully saturated rings. The highest BCUT2D eigenvalue weighted by atomic mass is 35.5. The Morgan fingerprint density at radius 2 is 1.81 bits per heavy atom. The van der Waals surface area contributed by atoms with Crippen LogP contribution in [0.3, 0.4) is 0 Å². The Kier molecular flexibility index (Phi) is 14.4. The zero-order valence-electron chi connectivity index (χ0n) is 21.5. The van der Waals surface area contributed by atoms with Crippen LogP contribution in [0.2, 0.25) is 10.0 Å². The van der Waals surface area contributed by atoms with Crippen LogP contribution in [0.15, 0.2) is 21.3 Å². The molecular weight excluding hydrogens is 556 g/mol. The van der Waals surface area contributed by atoms with Crippen molar-refractivity contribution in [2.45, 2.75) is 46.1 Å². The van der Waals surface area contributed by atoms with Gasteiger partial charge in [-0.25, -0.2) is 4.79 Å². The van der Waals surface area contributed by atoms with E-state index in [-0.39, 0.29) is 16.5 Å². The van der Waals surface area contributed by atoms with E-state index in [4.69, 9.17) is 42.4 Å². The molecule has 1 atom stereocenters. The summed E-state index contributed by atoms with van der Waals surface area (Å²) in [6, 6.07) is 3.11. The number of hydrogen-bond donors (Lipinski definition) is 3. The van der Waals surface area contributed by atoms with Crippen LogP contribution >= 0.6 is 30.8 Å². The highest BCUT2D eigenvalue weighted by Gasteiger charge is 2.24. The number of benzene rings is 1. The minimum Gasteiger partial charge on any atom is -0.778 e. The summed E-state index contributed by atoms with van der Waals surface area (Å²) >= 11 is 12.3. The number of hydrogen-bond acceptors (Lipinski definition) is 8. The first-order valence-corrected chi connectivity index (χ1v) is 15.4. The fourth-order valence-electron chi connectivity index (χ4n) is 2.06. The third-order valence-electron chi connectivity index (χ3n) is 3.37. The van der Waals surface area contributed by atoms with E-state index in [1.165, 1.54) is 6.07 Å². The third-order valence-corrected chi connectivity index (χ3v) is 4.59. The first kappa shape index (κ1) is 34.5. The topological polar surface area (TPSA) is 167 Å². The number of rotatable bonds is 7. The van der Waals surface area contributed by atoms with E-state index < -0.39 is 32.2 Å². The fraction of sp³-hybridized carbons (Fsp3) is 0.571. The molecule has 0 saturated carbocycles. The largest absolute Gasteiger partial charge is 0.778 e. The minimum absolute atomic E-state index is 0.0642. The summed E-state index contributed by atoms with van der Waals surface area (Å²) in [4.78, 5) is 39.8. The summed E-state index contributed by atoms with van der Waals surface area (Å²) in [5.41, 5.74) is -0.0217. The zero-order chi connectivity index (χ0) is 28.4. The molecule has 0 bridgehead atoms. The summed E-state index contributed by atoms with van der Waals surface area (Å²) in [6.45, 7) is 8.99. The predicted molar refractivity (Wildman–Crippen MR) is 142 cm³/mol. The molecule has 0 radical (unpaired) electrons. The van der Waals surface area contributed by atoms with E-state index in [0.717, 1.165) is 4.68 Å².